The first-order chi connectivity index (χ1) is 13.7. The van der Waals surface area contributed by atoms with Crippen LogP contribution in [0.15, 0.2) is 72.8 Å². The highest BCUT2D eigenvalue weighted by Gasteiger charge is 2.17. The average Bonchev–Trinajstić information content (AvgIpc) is 2.69. The van der Waals surface area contributed by atoms with Crippen molar-refractivity contribution in [3.8, 4) is 0 Å². The van der Waals surface area contributed by atoms with E-state index in [1.54, 1.807) is 48.5 Å². The lowest BCUT2D eigenvalue weighted by Crippen LogP contribution is -2.29. The number of carbonyl (C=O) groups is 1. The Balaban J connectivity index is 1.75. The van der Waals surface area contributed by atoms with Crippen molar-refractivity contribution < 1.29 is 13.2 Å². The molecule has 0 aliphatic heterocycles. The van der Waals surface area contributed by atoms with Crippen LogP contribution in [0.5, 0.6) is 0 Å². The lowest BCUT2D eigenvalue weighted by atomic mass is 10.1. The quantitative estimate of drug-likeness (QED) is 0.652. The summed E-state index contributed by atoms with van der Waals surface area (Å²) in [6.45, 7) is 4.22. The molecule has 0 aliphatic rings. The second kappa shape index (κ2) is 8.49. The minimum absolute atomic E-state index is 0.196. The Labute approximate surface area is 172 Å². The summed E-state index contributed by atoms with van der Waals surface area (Å²) in [5, 5.41) is 2.89. The fourth-order valence-corrected chi connectivity index (χ4v) is 3.83. The fourth-order valence-electron chi connectivity index (χ4n) is 2.94. The highest BCUT2D eigenvalue weighted by atomic mass is 32.2. The Morgan fingerprint density at radius 1 is 0.897 bits per heavy atom. The number of nitrogens with zero attached hydrogens (tertiary/aromatic N) is 1. The van der Waals surface area contributed by atoms with E-state index in [0.717, 1.165) is 16.8 Å². The van der Waals surface area contributed by atoms with Crippen molar-refractivity contribution in [1.82, 2.24) is 0 Å². The molecule has 0 unspecified atom stereocenters. The van der Waals surface area contributed by atoms with Gasteiger partial charge in [0.05, 0.1) is 18.5 Å². The summed E-state index contributed by atoms with van der Waals surface area (Å²) < 4.78 is 25.8. The summed E-state index contributed by atoms with van der Waals surface area (Å²) in [6, 6.07) is 21.7. The van der Waals surface area contributed by atoms with Crippen molar-refractivity contribution >= 4 is 27.3 Å². The van der Waals surface area contributed by atoms with Crippen molar-refractivity contribution in [2.75, 3.05) is 15.9 Å². The molecule has 0 aromatic heterocycles. The molecule has 0 radical (unpaired) electrons. The van der Waals surface area contributed by atoms with Gasteiger partial charge < -0.3 is 5.32 Å². The van der Waals surface area contributed by atoms with Crippen LogP contribution in [0.2, 0.25) is 0 Å². The average molecular weight is 409 g/mol. The standard InChI is InChI=1S/C23H24N2O3S/c1-17-9-14-21(15-18(17)2)24-23(26)20-12-10-19(11-13-20)16-25(29(3,27)28)22-7-5-4-6-8-22/h4-15H,16H2,1-3H3,(H,24,26). The summed E-state index contributed by atoms with van der Waals surface area (Å²) in [4.78, 5) is 12.5. The van der Waals surface area contributed by atoms with Gasteiger partial charge in [-0.15, -0.1) is 0 Å². The predicted octanol–water partition coefficient (Wildman–Crippen LogP) is 4.52. The molecule has 29 heavy (non-hydrogen) atoms. The van der Waals surface area contributed by atoms with E-state index in [9.17, 15) is 13.2 Å². The molecule has 3 rings (SSSR count). The molecular formula is C23H24N2O3S. The van der Waals surface area contributed by atoms with E-state index in [4.69, 9.17) is 0 Å². The van der Waals surface area contributed by atoms with Crippen LogP contribution >= 0.6 is 0 Å². The normalized spacial score (nSPS) is 11.1. The number of sulfonamides is 1. The maximum atomic E-state index is 12.5. The van der Waals surface area contributed by atoms with Gasteiger partial charge in [0.1, 0.15) is 0 Å². The van der Waals surface area contributed by atoms with Gasteiger partial charge in [-0.1, -0.05) is 36.4 Å². The van der Waals surface area contributed by atoms with Crippen LogP contribution in [0.4, 0.5) is 11.4 Å². The van der Waals surface area contributed by atoms with Gasteiger partial charge in [-0.05, 0) is 66.9 Å². The van der Waals surface area contributed by atoms with Crippen LogP contribution < -0.4 is 9.62 Å². The molecule has 5 nitrogen and oxygen atoms in total. The molecule has 3 aromatic rings. The second-order valence-corrected chi connectivity index (χ2v) is 8.96. The van der Waals surface area contributed by atoms with E-state index in [1.807, 2.05) is 38.1 Å². The molecule has 0 bridgehead atoms. The van der Waals surface area contributed by atoms with Gasteiger partial charge in [-0.3, -0.25) is 9.10 Å². The SMILES string of the molecule is Cc1ccc(NC(=O)c2ccc(CN(c3ccccc3)S(C)(=O)=O)cc2)cc1C. The topological polar surface area (TPSA) is 66.5 Å². The highest BCUT2D eigenvalue weighted by Crippen LogP contribution is 2.21. The third kappa shape index (κ3) is 5.23. The third-order valence-electron chi connectivity index (χ3n) is 4.75. The number of hydrogen-bond donors (Lipinski definition) is 1. The van der Waals surface area contributed by atoms with E-state index in [-0.39, 0.29) is 12.5 Å². The molecule has 1 N–H and O–H groups in total. The molecule has 1 amide bonds. The zero-order valence-electron chi connectivity index (χ0n) is 16.7. The number of carbonyl (C=O) groups excluding carboxylic acids is 1. The largest absolute Gasteiger partial charge is 0.322 e. The smallest absolute Gasteiger partial charge is 0.255 e. The molecule has 0 saturated carbocycles. The predicted molar refractivity (Wildman–Crippen MR) is 118 cm³/mol. The summed E-state index contributed by atoms with van der Waals surface area (Å²) in [6.07, 6.45) is 1.19. The zero-order valence-corrected chi connectivity index (χ0v) is 17.5. The minimum Gasteiger partial charge on any atom is -0.322 e. The molecule has 0 heterocycles. The fraction of sp³-hybridized carbons (Fsp3) is 0.174. The van der Waals surface area contributed by atoms with Crippen molar-refractivity contribution in [1.29, 1.82) is 0 Å². The number of nitrogens with one attached hydrogen (secondary N) is 1. The van der Waals surface area contributed by atoms with Gasteiger partial charge in [0.15, 0.2) is 0 Å². The number of benzene rings is 3. The number of hydrogen-bond acceptors (Lipinski definition) is 3. The Kier molecular flexibility index (Phi) is 6.03. The maximum absolute atomic E-state index is 12.5. The zero-order chi connectivity index (χ0) is 21.0. The highest BCUT2D eigenvalue weighted by molar-refractivity contribution is 7.92. The van der Waals surface area contributed by atoms with Crippen LogP contribution in [0.3, 0.4) is 0 Å². The van der Waals surface area contributed by atoms with Crippen LogP contribution in [0, 0.1) is 13.8 Å². The van der Waals surface area contributed by atoms with Crippen molar-refractivity contribution in [2.24, 2.45) is 0 Å². The van der Waals surface area contributed by atoms with Gasteiger partial charge in [0.2, 0.25) is 10.0 Å². The molecule has 0 saturated heterocycles. The number of aryl methyl sites for hydroxylation is 2. The molecule has 0 fully saturated rings. The minimum atomic E-state index is -3.44. The van der Waals surface area contributed by atoms with Crippen molar-refractivity contribution in [3.63, 3.8) is 0 Å². The summed E-state index contributed by atoms with van der Waals surface area (Å²) in [5.41, 5.74) is 4.93. The summed E-state index contributed by atoms with van der Waals surface area (Å²) in [5.74, 6) is -0.206. The Morgan fingerprint density at radius 3 is 2.14 bits per heavy atom. The van der Waals surface area contributed by atoms with Crippen molar-refractivity contribution in [3.05, 3.63) is 95.1 Å². The van der Waals surface area contributed by atoms with Crippen LogP contribution in [-0.2, 0) is 16.6 Å². The summed E-state index contributed by atoms with van der Waals surface area (Å²) >= 11 is 0. The van der Waals surface area contributed by atoms with Gasteiger partial charge in [-0.2, -0.15) is 0 Å². The van der Waals surface area contributed by atoms with Gasteiger partial charge >= 0.3 is 0 Å². The number of amides is 1. The van der Waals surface area contributed by atoms with E-state index in [0.29, 0.717) is 11.3 Å². The van der Waals surface area contributed by atoms with Crippen LogP contribution in [0.25, 0.3) is 0 Å². The van der Waals surface area contributed by atoms with Gasteiger partial charge in [0, 0.05) is 11.3 Å². The monoisotopic (exact) mass is 408 g/mol. The van der Waals surface area contributed by atoms with E-state index in [2.05, 4.69) is 5.32 Å². The lowest BCUT2D eigenvalue weighted by Gasteiger charge is -2.22. The number of para-hydroxylation sites is 1. The second-order valence-electron chi connectivity index (χ2n) is 7.06. The van der Waals surface area contributed by atoms with E-state index < -0.39 is 10.0 Å². The molecule has 6 heteroatoms. The third-order valence-corrected chi connectivity index (χ3v) is 5.89. The summed E-state index contributed by atoms with van der Waals surface area (Å²) in [7, 11) is -3.44. The first-order valence-corrected chi connectivity index (χ1v) is 11.1. The molecule has 150 valence electrons. The first kappa shape index (κ1) is 20.6. The van der Waals surface area contributed by atoms with Crippen molar-refractivity contribution in [2.45, 2.75) is 20.4 Å². The van der Waals surface area contributed by atoms with E-state index >= 15 is 0 Å². The Hall–Kier alpha value is -3.12. The molecule has 0 spiro atoms. The molecule has 0 aliphatic carbocycles. The molecular weight excluding hydrogens is 384 g/mol. The lowest BCUT2D eigenvalue weighted by molar-refractivity contribution is 0.102. The molecule has 3 aromatic carbocycles. The Morgan fingerprint density at radius 2 is 1.55 bits per heavy atom. The number of rotatable bonds is 6. The first-order valence-electron chi connectivity index (χ1n) is 9.24. The number of anilines is 2. The van der Waals surface area contributed by atoms with E-state index in [1.165, 1.54) is 16.1 Å². The van der Waals surface area contributed by atoms with Crippen LogP contribution in [0.1, 0.15) is 27.0 Å². The van der Waals surface area contributed by atoms with Gasteiger partial charge in [0.25, 0.3) is 5.91 Å². The maximum Gasteiger partial charge on any atom is 0.255 e. The van der Waals surface area contributed by atoms with Gasteiger partial charge in [-0.25, -0.2) is 8.42 Å². The van der Waals surface area contributed by atoms with Crippen LogP contribution in [-0.4, -0.2) is 20.6 Å². The molecule has 0 atom stereocenters. The Bertz CT molecular complexity index is 1110.